The fourth-order valence-corrected chi connectivity index (χ4v) is 4.30. The largest absolute Gasteiger partial charge is 0.477 e. The summed E-state index contributed by atoms with van der Waals surface area (Å²) in [5.74, 6) is 2.89. The fourth-order valence-electron chi connectivity index (χ4n) is 4.30. The number of hydrogen-bond acceptors (Lipinski definition) is 7. The third kappa shape index (κ3) is 3.18. The zero-order chi connectivity index (χ0) is 21.7. The first kappa shape index (κ1) is 18.9. The van der Waals surface area contributed by atoms with Gasteiger partial charge in [-0.1, -0.05) is 6.07 Å². The van der Waals surface area contributed by atoms with Gasteiger partial charge in [-0.25, -0.2) is 0 Å². The first-order valence-corrected chi connectivity index (χ1v) is 10.4. The summed E-state index contributed by atoms with van der Waals surface area (Å²) in [6, 6.07) is 11.4. The van der Waals surface area contributed by atoms with Crippen LogP contribution in [0.3, 0.4) is 0 Å². The maximum Gasteiger partial charge on any atom is 0.231 e. The van der Waals surface area contributed by atoms with Crippen LogP contribution >= 0.6 is 0 Å². The normalized spacial score (nSPS) is 17.7. The number of nitrogens with zero attached hydrogens (tertiary/aromatic N) is 2. The van der Waals surface area contributed by atoms with Gasteiger partial charge in [-0.05, 0) is 54.5 Å². The number of rotatable bonds is 3. The number of pyridine rings is 1. The second-order valence-corrected chi connectivity index (χ2v) is 8.03. The molecule has 0 saturated carbocycles. The molecule has 1 aromatic heterocycles. The van der Waals surface area contributed by atoms with Crippen molar-refractivity contribution in [3.8, 4) is 23.0 Å². The first-order chi connectivity index (χ1) is 15.7. The van der Waals surface area contributed by atoms with Gasteiger partial charge in [0.1, 0.15) is 18.2 Å². The van der Waals surface area contributed by atoms with Crippen molar-refractivity contribution in [1.82, 2.24) is 9.88 Å². The number of aromatic nitrogens is 1. The Morgan fingerprint density at radius 1 is 1.03 bits per heavy atom. The van der Waals surface area contributed by atoms with Gasteiger partial charge in [0.05, 0.1) is 5.56 Å². The molecule has 0 atom stereocenters. The minimum Gasteiger partial charge on any atom is -0.477 e. The highest BCUT2D eigenvalue weighted by Gasteiger charge is 2.33. The van der Waals surface area contributed by atoms with E-state index in [-0.39, 0.29) is 18.3 Å². The van der Waals surface area contributed by atoms with Crippen molar-refractivity contribution in [1.29, 1.82) is 0 Å². The molecule has 7 nitrogen and oxygen atoms in total. The molecule has 6 rings (SSSR count). The van der Waals surface area contributed by atoms with E-state index in [1.807, 2.05) is 43.3 Å². The number of hydrogen-bond donors (Lipinski definition) is 0. The van der Waals surface area contributed by atoms with Crippen LogP contribution in [-0.2, 0) is 13.1 Å². The van der Waals surface area contributed by atoms with Crippen LogP contribution in [0.1, 0.15) is 32.6 Å². The van der Waals surface area contributed by atoms with E-state index in [0.29, 0.717) is 36.1 Å². The number of fused-ring (bicyclic) bond motifs is 3. The maximum absolute atomic E-state index is 13.1. The van der Waals surface area contributed by atoms with E-state index in [4.69, 9.17) is 18.9 Å². The molecular formula is C25H20N2O5. The van der Waals surface area contributed by atoms with Crippen LogP contribution in [0.15, 0.2) is 54.6 Å². The van der Waals surface area contributed by atoms with Crippen LogP contribution in [-0.4, -0.2) is 29.2 Å². The SMILES string of the molecule is Cc1c2c(cc3c1O/C(=C\c1ccc4c(c1)OCO4)C3=O)CN(Cc1ccncc1)CO2. The lowest BCUT2D eigenvalue weighted by molar-refractivity contribution is 0.0876. The van der Waals surface area contributed by atoms with Gasteiger partial charge in [-0.15, -0.1) is 0 Å². The van der Waals surface area contributed by atoms with Gasteiger partial charge in [0.2, 0.25) is 12.6 Å². The lowest BCUT2D eigenvalue weighted by atomic mass is 10.00. The summed E-state index contributed by atoms with van der Waals surface area (Å²) in [6.45, 7) is 4.06. The molecule has 3 aliphatic rings. The van der Waals surface area contributed by atoms with Crippen LogP contribution in [0.25, 0.3) is 6.08 Å². The van der Waals surface area contributed by atoms with Crippen LogP contribution in [0.2, 0.25) is 0 Å². The summed E-state index contributed by atoms with van der Waals surface area (Å²) in [5, 5.41) is 0. The van der Waals surface area contributed by atoms with Crippen molar-refractivity contribution < 1.29 is 23.7 Å². The number of carbonyl (C=O) groups excluding carboxylic acids is 1. The molecule has 0 aliphatic carbocycles. The van der Waals surface area contributed by atoms with Crippen molar-refractivity contribution >= 4 is 11.9 Å². The number of allylic oxidation sites excluding steroid dienone is 1. The van der Waals surface area contributed by atoms with Crippen molar-refractivity contribution in [2.24, 2.45) is 0 Å². The second kappa shape index (κ2) is 7.39. The summed E-state index contributed by atoms with van der Waals surface area (Å²) < 4.78 is 22.9. The number of Topliss-reactive ketones (excluding diaryl/α,β-unsaturated/α-hetero) is 1. The molecule has 0 N–H and O–H groups in total. The van der Waals surface area contributed by atoms with E-state index in [9.17, 15) is 4.79 Å². The predicted molar refractivity (Wildman–Crippen MR) is 116 cm³/mol. The van der Waals surface area contributed by atoms with Gasteiger partial charge in [-0.3, -0.25) is 14.7 Å². The Kier molecular flexibility index (Phi) is 4.36. The Labute approximate surface area is 184 Å². The fraction of sp³-hybridized carbons (Fsp3) is 0.200. The lowest BCUT2D eigenvalue weighted by Gasteiger charge is -2.30. The smallest absolute Gasteiger partial charge is 0.231 e. The molecule has 0 amide bonds. The molecule has 3 aliphatic heterocycles. The van der Waals surface area contributed by atoms with Gasteiger partial charge in [0.15, 0.2) is 17.3 Å². The maximum atomic E-state index is 13.1. The highest BCUT2D eigenvalue weighted by Crippen LogP contribution is 2.43. The van der Waals surface area contributed by atoms with Crippen molar-refractivity contribution in [3.63, 3.8) is 0 Å². The van der Waals surface area contributed by atoms with Gasteiger partial charge in [0.25, 0.3) is 0 Å². The minimum absolute atomic E-state index is 0.130. The third-order valence-electron chi connectivity index (χ3n) is 5.85. The van der Waals surface area contributed by atoms with Gasteiger partial charge in [0, 0.05) is 36.6 Å². The molecule has 0 spiro atoms. The summed E-state index contributed by atoms with van der Waals surface area (Å²) in [4.78, 5) is 19.4. The van der Waals surface area contributed by atoms with Gasteiger partial charge < -0.3 is 18.9 Å². The molecule has 0 unspecified atom stereocenters. The average molecular weight is 428 g/mol. The van der Waals surface area contributed by atoms with Crippen molar-refractivity contribution in [3.05, 3.63) is 82.4 Å². The van der Waals surface area contributed by atoms with E-state index in [0.717, 1.165) is 29.0 Å². The van der Waals surface area contributed by atoms with Crippen LogP contribution in [0, 0.1) is 6.92 Å². The quantitative estimate of drug-likeness (QED) is 0.582. The van der Waals surface area contributed by atoms with Crippen molar-refractivity contribution in [2.45, 2.75) is 20.0 Å². The van der Waals surface area contributed by atoms with E-state index in [1.165, 1.54) is 5.56 Å². The molecule has 160 valence electrons. The Bertz CT molecular complexity index is 1270. The number of ketones is 1. The zero-order valence-corrected chi connectivity index (χ0v) is 17.5. The summed E-state index contributed by atoms with van der Waals surface area (Å²) in [6.07, 6.45) is 5.31. The summed E-state index contributed by atoms with van der Waals surface area (Å²) in [5.41, 5.74) is 4.39. The number of carbonyl (C=O) groups is 1. The molecule has 0 radical (unpaired) electrons. The molecule has 2 aromatic carbocycles. The molecule has 3 aromatic rings. The molecule has 0 saturated heterocycles. The Morgan fingerprint density at radius 3 is 2.75 bits per heavy atom. The molecule has 4 heterocycles. The molecule has 0 fully saturated rings. The Balaban J connectivity index is 1.28. The predicted octanol–water partition coefficient (Wildman–Crippen LogP) is 4.09. The molecule has 0 bridgehead atoms. The first-order valence-electron chi connectivity index (χ1n) is 10.4. The van der Waals surface area contributed by atoms with E-state index < -0.39 is 0 Å². The van der Waals surface area contributed by atoms with Crippen molar-refractivity contribution in [2.75, 3.05) is 13.5 Å². The number of benzene rings is 2. The van der Waals surface area contributed by atoms with E-state index in [1.54, 1.807) is 18.5 Å². The topological polar surface area (TPSA) is 70.1 Å². The number of ether oxygens (including phenoxy) is 4. The summed E-state index contributed by atoms with van der Waals surface area (Å²) in [7, 11) is 0. The Hall–Kier alpha value is -3.84. The van der Waals surface area contributed by atoms with E-state index in [2.05, 4.69) is 9.88 Å². The summed E-state index contributed by atoms with van der Waals surface area (Å²) >= 11 is 0. The molecule has 32 heavy (non-hydrogen) atoms. The molecule has 7 heteroatoms. The van der Waals surface area contributed by atoms with Crippen LogP contribution < -0.4 is 18.9 Å². The second-order valence-electron chi connectivity index (χ2n) is 8.03. The highest BCUT2D eigenvalue weighted by molar-refractivity contribution is 6.15. The lowest BCUT2D eigenvalue weighted by Crippen LogP contribution is -2.32. The monoisotopic (exact) mass is 428 g/mol. The van der Waals surface area contributed by atoms with E-state index >= 15 is 0 Å². The van der Waals surface area contributed by atoms with Crippen LogP contribution in [0.5, 0.6) is 23.0 Å². The Morgan fingerprint density at radius 2 is 1.88 bits per heavy atom. The third-order valence-corrected chi connectivity index (χ3v) is 5.85. The standard InChI is InChI=1S/C25H20N2O5/c1-15-24-18(12-27(13-29-24)11-16-4-6-26-7-5-16)10-19-23(28)22(32-25(15)19)9-17-2-3-20-21(8-17)31-14-30-20/h2-10H,11-14H2,1H3/b22-9-. The zero-order valence-electron chi connectivity index (χ0n) is 17.5. The van der Waals surface area contributed by atoms with Gasteiger partial charge in [-0.2, -0.15) is 0 Å². The highest BCUT2D eigenvalue weighted by atomic mass is 16.7. The minimum atomic E-state index is -0.130. The van der Waals surface area contributed by atoms with Gasteiger partial charge >= 0.3 is 0 Å². The molecular weight excluding hydrogens is 408 g/mol. The van der Waals surface area contributed by atoms with Crippen LogP contribution in [0.4, 0.5) is 0 Å². The average Bonchev–Trinajstić information content (AvgIpc) is 3.39.